The average molecular weight is 207 g/mol. The van der Waals surface area contributed by atoms with Gasteiger partial charge in [0, 0.05) is 12.6 Å². The van der Waals surface area contributed by atoms with Crippen molar-refractivity contribution < 1.29 is 5.11 Å². The third kappa shape index (κ3) is 4.84. The van der Waals surface area contributed by atoms with Crippen LogP contribution < -0.4 is 5.32 Å². The molecule has 0 aromatic heterocycles. The molecule has 0 radical (unpaired) electrons. The van der Waals surface area contributed by atoms with Crippen LogP contribution in [0.1, 0.15) is 32.8 Å². The number of phenolic OH excluding ortho intramolecular Hbond substituents is 1. The Morgan fingerprint density at radius 2 is 2.00 bits per heavy atom. The number of nitrogens with one attached hydrogen (secondary N) is 1. The topological polar surface area (TPSA) is 32.3 Å². The predicted octanol–water partition coefficient (Wildman–Crippen LogP) is 2.92. The molecule has 0 bridgehead atoms. The van der Waals surface area contributed by atoms with E-state index in [-0.39, 0.29) is 0 Å². The van der Waals surface area contributed by atoms with E-state index in [1.807, 2.05) is 12.1 Å². The van der Waals surface area contributed by atoms with Gasteiger partial charge in [-0.3, -0.25) is 0 Å². The zero-order valence-electron chi connectivity index (χ0n) is 9.83. The van der Waals surface area contributed by atoms with Gasteiger partial charge in [-0.2, -0.15) is 0 Å². The maximum Gasteiger partial charge on any atom is 0.115 e. The molecule has 2 heteroatoms. The van der Waals surface area contributed by atoms with Gasteiger partial charge in [0.05, 0.1) is 0 Å². The molecule has 0 aliphatic heterocycles. The third-order valence-electron chi connectivity index (χ3n) is 2.39. The summed E-state index contributed by atoms with van der Waals surface area (Å²) in [7, 11) is 0. The van der Waals surface area contributed by atoms with Gasteiger partial charge in [0.15, 0.2) is 0 Å². The van der Waals surface area contributed by atoms with Crippen LogP contribution >= 0.6 is 0 Å². The second-order valence-electron chi connectivity index (χ2n) is 4.58. The van der Waals surface area contributed by atoms with Crippen molar-refractivity contribution in [1.82, 2.24) is 5.32 Å². The minimum absolute atomic E-state index is 0.339. The molecule has 1 aromatic rings. The van der Waals surface area contributed by atoms with Gasteiger partial charge in [0.25, 0.3) is 0 Å². The van der Waals surface area contributed by atoms with Crippen molar-refractivity contribution in [2.24, 2.45) is 5.92 Å². The van der Waals surface area contributed by atoms with E-state index < -0.39 is 0 Å². The Balaban J connectivity index is 2.36. The number of aromatic hydroxyl groups is 1. The van der Waals surface area contributed by atoms with Gasteiger partial charge in [-0.05, 0) is 37.0 Å². The Bertz CT molecular complexity index is 296. The molecular formula is C13H21NO. The molecule has 15 heavy (non-hydrogen) atoms. The lowest BCUT2D eigenvalue weighted by Crippen LogP contribution is -2.26. The second-order valence-corrected chi connectivity index (χ2v) is 4.58. The highest BCUT2D eigenvalue weighted by atomic mass is 16.3. The Morgan fingerprint density at radius 1 is 1.27 bits per heavy atom. The molecule has 0 aliphatic rings. The monoisotopic (exact) mass is 207 g/mol. The van der Waals surface area contributed by atoms with E-state index in [0.717, 1.165) is 18.0 Å². The van der Waals surface area contributed by atoms with Crippen molar-refractivity contribution in [3.8, 4) is 5.75 Å². The van der Waals surface area contributed by atoms with Gasteiger partial charge in [-0.25, -0.2) is 0 Å². The quantitative estimate of drug-likeness (QED) is 0.778. The summed E-state index contributed by atoms with van der Waals surface area (Å²) in [6.07, 6.45) is 1.18. The smallest absolute Gasteiger partial charge is 0.115 e. The van der Waals surface area contributed by atoms with E-state index in [9.17, 15) is 5.11 Å². The van der Waals surface area contributed by atoms with E-state index in [0.29, 0.717) is 11.8 Å². The SMILES string of the molecule is CC(C)C[C@H](C)NCc1cccc(O)c1. The predicted molar refractivity (Wildman–Crippen MR) is 63.9 cm³/mol. The van der Waals surface area contributed by atoms with Crippen molar-refractivity contribution in [2.75, 3.05) is 0 Å². The average Bonchev–Trinajstić information content (AvgIpc) is 2.14. The molecule has 0 spiro atoms. The molecule has 1 rings (SSSR count). The van der Waals surface area contributed by atoms with Crippen LogP contribution in [-0.2, 0) is 6.54 Å². The first-order valence-corrected chi connectivity index (χ1v) is 5.59. The highest BCUT2D eigenvalue weighted by molar-refractivity contribution is 5.26. The largest absolute Gasteiger partial charge is 0.508 e. The van der Waals surface area contributed by atoms with Crippen LogP contribution in [0.5, 0.6) is 5.75 Å². The normalized spacial score (nSPS) is 13.1. The minimum Gasteiger partial charge on any atom is -0.508 e. The fourth-order valence-corrected chi connectivity index (χ4v) is 1.75. The van der Waals surface area contributed by atoms with Gasteiger partial charge in [0.1, 0.15) is 5.75 Å². The molecule has 0 heterocycles. The van der Waals surface area contributed by atoms with Crippen LogP contribution in [0.3, 0.4) is 0 Å². The van der Waals surface area contributed by atoms with Crippen LogP contribution in [0, 0.1) is 5.92 Å². The number of hydrogen-bond donors (Lipinski definition) is 2. The van der Waals surface area contributed by atoms with Crippen molar-refractivity contribution in [3.63, 3.8) is 0 Å². The maximum atomic E-state index is 9.30. The Labute approximate surface area is 92.3 Å². The summed E-state index contributed by atoms with van der Waals surface area (Å²) in [5, 5.41) is 12.7. The van der Waals surface area contributed by atoms with Crippen LogP contribution in [0.25, 0.3) is 0 Å². The summed E-state index contributed by atoms with van der Waals surface area (Å²) >= 11 is 0. The van der Waals surface area contributed by atoms with Crippen LogP contribution in [0.4, 0.5) is 0 Å². The fourth-order valence-electron chi connectivity index (χ4n) is 1.75. The van der Waals surface area contributed by atoms with Crippen molar-refractivity contribution in [3.05, 3.63) is 29.8 Å². The van der Waals surface area contributed by atoms with E-state index in [4.69, 9.17) is 0 Å². The van der Waals surface area contributed by atoms with Gasteiger partial charge in [-0.15, -0.1) is 0 Å². The molecule has 1 aromatic carbocycles. The lowest BCUT2D eigenvalue weighted by Gasteiger charge is -2.15. The summed E-state index contributed by atoms with van der Waals surface area (Å²) in [6.45, 7) is 7.48. The standard InChI is InChI=1S/C13H21NO/c1-10(2)7-11(3)14-9-12-5-4-6-13(15)8-12/h4-6,8,10-11,14-15H,7,9H2,1-3H3/t11-/m0/s1. The first kappa shape index (κ1) is 12.1. The fraction of sp³-hybridized carbons (Fsp3) is 0.538. The highest BCUT2D eigenvalue weighted by Crippen LogP contribution is 2.11. The lowest BCUT2D eigenvalue weighted by molar-refractivity contribution is 0.439. The second kappa shape index (κ2) is 5.76. The molecule has 0 saturated carbocycles. The van der Waals surface area contributed by atoms with Crippen molar-refractivity contribution in [2.45, 2.75) is 39.8 Å². The molecule has 2 N–H and O–H groups in total. The molecule has 0 fully saturated rings. The Kier molecular flexibility index (Phi) is 4.63. The Hall–Kier alpha value is -1.02. The maximum absolute atomic E-state index is 9.30. The van der Waals surface area contributed by atoms with Gasteiger partial charge < -0.3 is 10.4 Å². The summed E-state index contributed by atoms with van der Waals surface area (Å²) in [6, 6.07) is 7.91. The molecule has 0 aliphatic carbocycles. The zero-order chi connectivity index (χ0) is 11.3. The number of rotatable bonds is 5. The number of benzene rings is 1. The van der Waals surface area contributed by atoms with E-state index in [1.165, 1.54) is 6.42 Å². The third-order valence-corrected chi connectivity index (χ3v) is 2.39. The number of hydrogen-bond acceptors (Lipinski definition) is 2. The lowest BCUT2D eigenvalue weighted by atomic mass is 10.1. The summed E-state index contributed by atoms with van der Waals surface area (Å²) in [5.74, 6) is 1.06. The zero-order valence-corrected chi connectivity index (χ0v) is 9.83. The molecule has 0 unspecified atom stereocenters. The van der Waals surface area contributed by atoms with Crippen LogP contribution in [0.15, 0.2) is 24.3 Å². The minimum atomic E-state index is 0.339. The van der Waals surface area contributed by atoms with Crippen LogP contribution in [0.2, 0.25) is 0 Å². The highest BCUT2D eigenvalue weighted by Gasteiger charge is 2.04. The van der Waals surface area contributed by atoms with Crippen molar-refractivity contribution in [1.29, 1.82) is 0 Å². The molecule has 1 atom stereocenters. The molecule has 0 amide bonds. The van der Waals surface area contributed by atoms with Crippen LogP contribution in [-0.4, -0.2) is 11.1 Å². The summed E-state index contributed by atoms with van der Waals surface area (Å²) in [5.41, 5.74) is 1.13. The molecule has 84 valence electrons. The van der Waals surface area contributed by atoms with Gasteiger partial charge in [0.2, 0.25) is 0 Å². The number of phenols is 1. The molecule has 2 nitrogen and oxygen atoms in total. The Morgan fingerprint density at radius 3 is 2.60 bits per heavy atom. The summed E-state index contributed by atoms with van der Waals surface area (Å²) in [4.78, 5) is 0. The van der Waals surface area contributed by atoms with E-state index in [1.54, 1.807) is 12.1 Å². The van der Waals surface area contributed by atoms with Crippen molar-refractivity contribution >= 4 is 0 Å². The van der Waals surface area contributed by atoms with Gasteiger partial charge in [-0.1, -0.05) is 26.0 Å². The molecule has 0 saturated heterocycles. The van der Waals surface area contributed by atoms with E-state index in [2.05, 4.69) is 26.1 Å². The van der Waals surface area contributed by atoms with Gasteiger partial charge >= 0.3 is 0 Å². The first-order valence-electron chi connectivity index (χ1n) is 5.59. The summed E-state index contributed by atoms with van der Waals surface area (Å²) < 4.78 is 0. The first-order chi connectivity index (χ1) is 7.08. The van der Waals surface area contributed by atoms with E-state index >= 15 is 0 Å². The molecular weight excluding hydrogens is 186 g/mol.